The largest absolute Gasteiger partial charge is 0.481 e. The summed E-state index contributed by atoms with van der Waals surface area (Å²) in [7, 11) is 4.81. The van der Waals surface area contributed by atoms with Gasteiger partial charge in [-0.3, -0.25) is 9.79 Å². The molecule has 0 atom stereocenters. The van der Waals surface area contributed by atoms with Gasteiger partial charge in [-0.05, 0) is 18.9 Å². The van der Waals surface area contributed by atoms with Crippen molar-refractivity contribution in [3.8, 4) is 5.88 Å². The third kappa shape index (κ3) is 5.22. The zero-order valence-electron chi connectivity index (χ0n) is 14.3. The molecular weight excluding hydrogens is 423 g/mol. The molecule has 1 fully saturated rings. The number of likely N-dealkylation sites (tertiary alicyclic amines) is 1. The first-order chi connectivity index (χ1) is 11.2. The van der Waals surface area contributed by atoms with Crippen molar-refractivity contribution >= 4 is 35.9 Å². The van der Waals surface area contributed by atoms with E-state index < -0.39 is 0 Å². The lowest BCUT2D eigenvalue weighted by Crippen LogP contribution is -2.46. The number of hydrogen-bond acceptors (Lipinski definition) is 5. The lowest BCUT2D eigenvalue weighted by molar-refractivity contribution is -0.146. The minimum Gasteiger partial charge on any atom is -0.481 e. The number of piperidine rings is 1. The van der Waals surface area contributed by atoms with Crippen LogP contribution in [0, 0.1) is 5.92 Å². The zero-order valence-corrected chi connectivity index (χ0v) is 16.6. The first-order valence-electron chi connectivity index (χ1n) is 7.71. The van der Waals surface area contributed by atoms with E-state index in [1.54, 1.807) is 20.4 Å². The fourth-order valence-electron chi connectivity index (χ4n) is 2.74. The lowest BCUT2D eigenvalue weighted by atomic mass is 9.97. The maximum absolute atomic E-state index is 11.6. The van der Waals surface area contributed by atoms with Crippen LogP contribution in [-0.2, 0) is 16.1 Å². The smallest absolute Gasteiger partial charge is 0.308 e. The highest BCUT2D eigenvalue weighted by atomic mass is 127. The van der Waals surface area contributed by atoms with Gasteiger partial charge in [0.1, 0.15) is 0 Å². The van der Waals surface area contributed by atoms with Crippen LogP contribution in [0.3, 0.4) is 0 Å². The molecule has 1 aromatic rings. The molecule has 8 heteroatoms. The number of nitrogens with one attached hydrogen (secondary N) is 1. The van der Waals surface area contributed by atoms with Gasteiger partial charge >= 0.3 is 5.97 Å². The third-order valence-electron chi connectivity index (χ3n) is 4.02. The van der Waals surface area contributed by atoms with Crippen molar-refractivity contribution in [1.82, 2.24) is 15.2 Å². The van der Waals surface area contributed by atoms with Crippen LogP contribution >= 0.6 is 24.0 Å². The number of rotatable bonds is 4. The normalized spacial score (nSPS) is 15.5. The molecule has 1 N–H and O–H groups in total. The predicted molar refractivity (Wildman–Crippen MR) is 103 cm³/mol. The van der Waals surface area contributed by atoms with Gasteiger partial charge in [0, 0.05) is 38.4 Å². The maximum atomic E-state index is 11.6. The van der Waals surface area contributed by atoms with Crippen molar-refractivity contribution in [2.45, 2.75) is 19.4 Å². The van der Waals surface area contributed by atoms with Crippen LogP contribution in [0.25, 0.3) is 0 Å². The first kappa shape index (κ1) is 20.5. The zero-order chi connectivity index (χ0) is 16.7. The van der Waals surface area contributed by atoms with Crippen molar-refractivity contribution in [3.05, 3.63) is 23.9 Å². The number of carbonyl (C=O) groups is 1. The van der Waals surface area contributed by atoms with Gasteiger partial charge in [-0.15, -0.1) is 24.0 Å². The fourth-order valence-corrected chi connectivity index (χ4v) is 2.74. The molecule has 0 aliphatic carbocycles. The van der Waals surface area contributed by atoms with Gasteiger partial charge in [-0.25, -0.2) is 4.98 Å². The number of guanidine groups is 1. The molecule has 24 heavy (non-hydrogen) atoms. The lowest BCUT2D eigenvalue weighted by Gasteiger charge is -2.33. The highest BCUT2D eigenvalue weighted by Crippen LogP contribution is 2.19. The van der Waals surface area contributed by atoms with Gasteiger partial charge in [0.2, 0.25) is 5.88 Å². The number of aliphatic imine (C=N–C) groups is 1. The number of nitrogens with zero attached hydrogens (tertiary/aromatic N) is 3. The van der Waals surface area contributed by atoms with Crippen LogP contribution < -0.4 is 10.1 Å². The van der Waals surface area contributed by atoms with Crippen LogP contribution in [0.15, 0.2) is 23.3 Å². The Morgan fingerprint density at radius 2 is 2.12 bits per heavy atom. The molecule has 7 nitrogen and oxygen atoms in total. The first-order valence-corrected chi connectivity index (χ1v) is 7.71. The minimum absolute atomic E-state index is 0. The van der Waals surface area contributed by atoms with Crippen LogP contribution in [0.2, 0.25) is 0 Å². The monoisotopic (exact) mass is 448 g/mol. The Hall–Kier alpha value is -1.58. The summed E-state index contributed by atoms with van der Waals surface area (Å²) in [6.07, 6.45) is 3.27. The molecule has 1 aliphatic rings. The molecule has 1 aliphatic heterocycles. The van der Waals surface area contributed by atoms with E-state index in [2.05, 4.69) is 20.2 Å². The van der Waals surface area contributed by atoms with Crippen molar-refractivity contribution in [1.29, 1.82) is 0 Å². The second-order valence-corrected chi connectivity index (χ2v) is 5.36. The molecule has 0 spiro atoms. The van der Waals surface area contributed by atoms with Crippen LogP contribution in [0.1, 0.15) is 18.4 Å². The van der Waals surface area contributed by atoms with Crippen molar-refractivity contribution in [2.75, 3.05) is 34.4 Å². The molecular formula is C16H25IN4O3. The van der Waals surface area contributed by atoms with Gasteiger partial charge in [0.05, 0.1) is 20.1 Å². The van der Waals surface area contributed by atoms with Gasteiger partial charge in [0.15, 0.2) is 5.96 Å². The quantitative estimate of drug-likeness (QED) is 0.327. The van der Waals surface area contributed by atoms with Crippen molar-refractivity contribution in [2.24, 2.45) is 10.9 Å². The van der Waals surface area contributed by atoms with E-state index in [0.717, 1.165) is 37.5 Å². The van der Waals surface area contributed by atoms with Crippen LogP contribution in [0.4, 0.5) is 0 Å². The minimum atomic E-state index is -0.118. The SMILES string of the molecule is CN=C(NCc1cccnc1OC)N1CCC(C(=O)OC)CC1.I. The van der Waals surface area contributed by atoms with E-state index in [1.807, 2.05) is 12.1 Å². The molecule has 0 radical (unpaired) electrons. The van der Waals surface area contributed by atoms with E-state index in [9.17, 15) is 4.79 Å². The Morgan fingerprint density at radius 3 is 2.71 bits per heavy atom. The van der Waals surface area contributed by atoms with Crippen LogP contribution in [0.5, 0.6) is 5.88 Å². The summed E-state index contributed by atoms with van der Waals surface area (Å²) in [6, 6.07) is 3.85. The molecule has 2 heterocycles. The molecule has 0 amide bonds. The summed E-state index contributed by atoms with van der Waals surface area (Å²) in [4.78, 5) is 22.3. The number of carbonyl (C=O) groups excluding carboxylic acids is 1. The molecule has 1 aromatic heterocycles. The Labute approximate surface area is 159 Å². The number of ether oxygens (including phenoxy) is 2. The number of hydrogen-bond donors (Lipinski definition) is 1. The van der Waals surface area contributed by atoms with Gasteiger partial charge < -0.3 is 19.7 Å². The molecule has 0 bridgehead atoms. The summed E-state index contributed by atoms with van der Waals surface area (Å²) in [5, 5.41) is 3.33. The van der Waals surface area contributed by atoms with E-state index in [4.69, 9.17) is 9.47 Å². The molecule has 0 saturated carbocycles. The molecule has 0 aromatic carbocycles. The van der Waals surface area contributed by atoms with Crippen molar-refractivity contribution < 1.29 is 14.3 Å². The van der Waals surface area contributed by atoms with E-state index in [1.165, 1.54) is 7.11 Å². The number of pyridine rings is 1. The number of esters is 1. The highest BCUT2D eigenvalue weighted by Gasteiger charge is 2.26. The third-order valence-corrected chi connectivity index (χ3v) is 4.02. The Bertz CT molecular complexity index is 560. The Kier molecular flexibility index (Phi) is 8.80. The van der Waals surface area contributed by atoms with Gasteiger partial charge in [-0.1, -0.05) is 6.07 Å². The number of halogens is 1. The van der Waals surface area contributed by atoms with E-state index in [-0.39, 0.29) is 35.9 Å². The van der Waals surface area contributed by atoms with Gasteiger partial charge in [-0.2, -0.15) is 0 Å². The summed E-state index contributed by atoms with van der Waals surface area (Å²) in [6.45, 7) is 2.15. The van der Waals surface area contributed by atoms with Gasteiger partial charge in [0.25, 0.3) is 0 Å². The topological polar surface area (TPSA) is 76.1 Å². The van der Waals surface area contributed by atoms with E-state index >= 15 is 0 Å². The molecule has 134 valence electrons. The summed E-state index contributed by atoms with van der Waals surface area (Å²) >= 11 is 0. The number of methoxy groups -OCH3 is 2. The second-order valence-electron chi connectivity index (χ2n) is 5.36. The maximum Gasteiger partial charge on any atom is 0.308 e. The predicted octanol–water partition coefficient (Wildman–Crippen LogP) is 1.67. The Morgan fingerprint density at radius 1 is 1.42 bits per heavy atom. The average Bonchev–Trinajstić information content (AvgIpc) is 2.62. The average molecular weight is 448 g/mol. The fraction of sp³-hybridized carbons (Fsp3) is 0.562. The standard InChI is InChI=1S/C16H24N4O3.HI/c1-17-16(19-11-13-5-4-8-18-14(13)22-2)20-9-6-12(7-10-20)15(21)23-3;/h4-5,8,12H,6-7,9-11H2,1-3H3,(H,17,19);1H. The molecule has 0 unspecified atom stereocenters. The summed E-state index contributed by atoms with van der Waals surface area (Å²) in [5.41, 5.74) is 0.973. The molecule has 2 rings (SSSR count). The number of aromatic nitrogens is 1. The molecule has 1 saturated heterocycles. The van der Waals surface area contributed by atoms with Crippen molar-refractivity contribution in [3.63, 3.8) is 0 Å². The summed E-state index contributed by atoms with van der Waals surface area (Å²) < 4.78 is 10.1. The van der Waals surface area contributed by atoms with E-state index in [0.29, 0.717) is 12.4 Å². The summed E-state index contributed by atoms with van der Waals surface area (Å²) in [5.74, 6) is 1.31. The Balaban J connectivity index is 0.00000288. The highest BCUT2D eigenvalue weighted by molar-refractivity contribution is 14.0. The van der Waals surface area contributed by atoms with Crippen LogP contribution in [-0.4, -0.2) is 56.2 Å². The second kappa shape index (κ2) is 10.3.